The second-order valence-electron chi connectivity index (χ2n) is 5.21. The Labute approximate surface area is 132 Å². The third kappa shape index (κ3) is 3.20. The maximum absolute atomic E-state index is 6.23. The summed E-state index contributed by atoms with van der Waals surface area (Å²) in [6.07, 6.45) is 3.64. The maximum Gasteiger partial charge on any atom is 0.164 e. The third-order valence-corrected chi connectivity index (χ3v) is 4.30. The molecule has 0 spiro atoms. The number of halogens is 2. The Morgan fingerprint density at radius 3 is 2.60 bits per heavy atom. The van der Waals surface area contributed by atoms with Gasteiger partial charge in [-0.3, -0.25) is 4.68 Å². The largest absolute Gasteiger partial charge is 0.275 e. The predicted molar refractivity (Wildman–Crippen MR) is 84.9 cm³/mol. The molecule has 0 aliphatic heterocycles. The molecule has 0 aliphatic carbocycles. The highest BCUT2D eigenvalue weighted by Crippen LogP contribution is 2.29. The minimum atomic E-state index is 0.455. The van der Waals surface area contributed by atoms with E-state index in [4.69, 9.17) is 11.6 Å². The Kier molecular flexibility index (Phi) is 4.81. The van der Waals surface area contributed by atoms with Crippen molar-refractivity contribution in [3.63, 3.8) is 0 Å². The van der Waals surface area contributed by atoms with Crippen molar-refractivity contribution in [2.24, 2.45) is 13.0 Å². The van der Waals surface area contributed by atoms with Crippen molar-refractivity contribution < 1.29 is 0 Å². The molecular weight excluding hydrogens is 340 g/mol. The summed E-state index contributed by atoms with van der Waals surface area (Å²) in [5, 5.41) is 4.89. The number of nitrogens with zero attached hydrogens (tertiary/aromatic N) is 4. The summed E-state index contributed by atoms with van der Waals surface area (Å²) in [5.74, 6) is 1.16. The van der Waals surface area contributed by atoms with E-state index in [2.05, 4.69) is 51.8 Å². The Morgan fingerprint density at radius 1 is 1.30 bits per heavy atom. The smallest absolute Gasteiger partial charge is 0.164 e. The summed E-state index contributed by atoms with van der Waals surface area (Å²) in [5.41, 5.74) is 2.89. The van der Waals surface area contributed by atoms with Gasteiger partial charge >= 0.3 is 0 Å². The molecule has 0 bridgehead atoms. The number of hydrogen-bond donors (Lipinski definition) is 0. The van der Waals surface area contributed by atoms with Crippen LogP contribution in [0.5, 0.6) is 0 Å². The fraction of sp³-hybridized carbons (Fsp3) is 0.500. The zero-order chi connectivity index (χ0) is 14.9. The number of aryl methyl sites for hydroxylation is 2. The Morgan fingerprint density at radius 2 is 2.00 bits per heavy atom. The van der Waals surface area contributed by atoms with Gasteiger partial charge in [-0.25, -0.2) is 9.97 Å². The summed E-state index contributed by atoms with van der Waals surface area (Å²) >= 11 is 9.71. The van der Waals surface area contributed by atoms with Crippen LogP contribution < -0.4 is 0 Å². The summed E-state index contributed by atoms with van der Waals surface area (Å²) in [4.78, 5) is 9.06. The van der Waals surface area contributed by atoms with Gasteiger partial charge in [0, 0.05) is 13.2 Å². The van der Waals surface area contributed by atoms with Crippen molar-refractivity contribution in [2.75, 3.05) is 0 Å². The van der Waals surface area contributed by atoms with Gasteiger partial charge in [-0.15, -0.1) is 0 Å². The van der Waals surface area contributed by atoms with Gasteiger partial charge in [-0.1, -0.05) is 32.4 Å². The van der Waals surface area contributed by atoms with Gasteiger partial charge in [0.1, 0.15) is 5.15 Å². The molecule has 0 radical (unpaired) electrons. The van der Waals surface area contributed by atoms with Gasteiger partial charge in [0.05, 0.1) is 21.4 Å². The average molecular weight is 358 g/mol. The van der Waals surface area contributed by atoms with E-state index in [1.54, 1.807) is 4.68 Å². The van der Waals surface area contributed by atoms with Crippen LogP contribution in [0.15, 0.2) is 10.7 Å². The molecule has 0 amide bonds. The average Bonchev–Trinajstić information content (AvgIpc) is 2.75. The third-order valence-electron chi connectivity index (χ3n) is 2.96. The Hall–Kier alpha value is -0.940. The molecule has 108 valence electrons. The standard InChI is InChI=1S/C14H18BrClN4/c1-5-10-9(7-20(4)19-10)14-17-11(6-8(2)3)12(15)13(16)18-14/h7-8H,5-6H2,1-4H3. The molecule has 2 rings (SSSR count). The molecule has 0 fully saturated rings. The molecule has 0 aromatic carbocycles. The van der Waals surface area contributed by atoms with E-state index >= 15 is 0 Å². The normalized spacial score (nSPS) is 11.3. The van der Waals surface area contributed by atoms with Crippen LogP contribution in [0.3, 0.4) is 0 Å². The first-order valence-corrected chi connectivity index (χ1v) is 7.84. The first-order chi connectivity index (χ1) is 9.42. The molecule has 0 unspecified atom stereocenters. The highest BCUT2D eigenvalue weighted by molar-refractivity contribution is 9.10. The first kappa shape index (κ1) is 15.4. The second-order valence-corrected chi connectivity index (χ2v) is 6.36. The summed E-state index contributed by atoms with van der Waals surface area (Å²) in [7, 11) is 1.90. The highest BCUT2D eigenvalue weighted by atomic mass is 79.9. The second kappa shape index (κ2) is 6.22. The van der Waals surface area contributed by atoms with Crippen LogP contribution in [0.4, 0.5) is 0 Å². The van der Waals surface area contributed by atoms with Crippen molar-refractivity contribution in [1.82, 2.24) is 19.7 Å². The first-order valence-electron chi connectivity index (χ1n) is 6.67. The molecule has 0 atom stereocenters. The minimum absolute atomic E-state index is 0.455. The molecule has 2 heterocycles. The van der Waals surface area contributed by atoms with Gasteiger partial charge in [0.15, 0.2) is 5.82 Å². The van der Waals surface area contributed by atoms with Crippen LogP contribution in [0.1, 0.15) is 32.2 Å². The van der Waals surface area contributed by atoms with Crippen molar-refractivity contribution in [1.29, 1.82) is 0 Å². The topological polar surface area (TPSA) is 43.6 Å². The lowest BCUT2D eigenvalue weighted by Gasteiger charge is -2.10. The number of aromatic nitrogens is 4. The van der Waals surface area contributed by atoms with Gasteiger partial charge in [-0.05, 0) is 34.7 Å². The molecule has 0 saturated carbocycles. The summed E-state index contributed by atoms with van der Waals surface area (Å²) < 4.78 is 2.58. The Balaban J connectivity index is 2.54. The van der Waals surface area contributed by atoms with Crippen LogP contribution in [0.25, 0.3) is 11.4 Å². The SMILES string of the molecule is CCc1nn(C)cc1-c1nc(Cl)c(Br)c(CC(C)C)n1. The fourth-order valence-electron chi connectivity index (χ4n) is 2.09. The zero-order valence-corrected chi connectivity index (χ0v) is 14.5. The maximum atomic E-state index is 6.23. The Bertz CT molecular complexity index is 622. The van der Waals surface area contributed by atoms with E-state index in [9.17, 15) is 0 Å². The van der Waals surface area contributed by atoms with Crippen LogP contribution in [-0.4, -0.2) is 19.7 Å². The van der Waals surface area contributed by atoms with E-state index in [0.29, 0.717) is 16.9 Å². The van der Waals surface area contributed by atoms with Crippen molar-refractivity contribution in [3.8, 4) is 11.4 Å². The predicted octanol–water partition coefficient (Wildman–Crippen LogP) is 4.05. The highest BCUT2D eigenvalue weighted by Gasteiger charge is 2.17. The van der Waals surface area contributed by atoms with Crippen LogP contribution in [-0.2, 0) is 19.9 Å². The molecule has 2 aromatic rings. The summed E-state index contributed by atoms with van der Waals surface area (Å²) in [6.45, 7) is 6.38. The monoisotopic (exact) mass is 356 g/mol. The lowest BCUT2D eigenvalue weighted by atomic mass is 10.1. The van der Waals surface area contributed by atoms with Crippen molar-refractivity contribution in [3.05, 3.63) is 27.2 Å². The number of rotatable bonds is 4. The molecule has 2 aromatic heterocycles. The molecule has 20 heavy (non-hydrogen) atoms. The van der Waals surface area contributed by atoms with E-state index in [-0.39, 0.29) is 0 Å². The van der Waals surface area contributed by atoms with Gasteiger partial charge < -0.3 is 0 Å². The van der Waals surface area contributed by atoms with Crippen LogP contribution in [0, 0.1) is 5.92 Å². The van der Waals surface area contributed by atoms with E-state index in [1.165, 1.54) is 0 Å². The number of hydrogen-bond acceptors (Lipinski definition) is 3. The van der Waals surface area contributed by atoms with Gasteiger partial charge in [0.2, 0.25) is 0 Å². The van der Waals surface area contributed by atoms with E-state index in [1.807, 2.05) is 13.2 Å². The molecule has 0 N–H and O–H groups in total. The molecular formula is C14H18BrClN4. The van der Waals surface area contributed by atoms with E-state index < -0.39 is 0 Å². The van der Waals surface area contributed by atoms with Gasteiger partial charge in [-0.2, -0.15) is 5.10 Å². The fourth-order valence-corrected chi connectivity index (χ4v) is 2.62. The minimum Gasteiger partial charge on any atom is -0.275 e. The quantitative estimate of drug-likeness (QED) is 0.775. The summed E-state index contributed by atoms with van der Waals surface area (Å²) in [6, 6.07) is 0. The van der Waals surface area contributed by atoms with Crippen LogP contribution in [0.2, 0.25) is 5.15 Å². The lowest BCUT2D eigenvalue weighted by molar-refractivity contribution is 0.632. The van der Waals surface area contributed by atoms with E-state index in [0.717, 1.165) is 34.3 Å². The molecule has 6 heteroatoms. The van der Waals surface area contributed by atoms with Crippen molar-refractivity contribution >= 4 is 27.5 Å². The zero-order valence-electron chi connectivity index (χ0n) is 12.1. The molecule has 0 saturated heterocycles. The van der Waals surface area contributed by atoms with Crippen molar-refractivity contribution in [2.45, 2.75) is 33.6 Å². The van der Waals surface area contributed by atoms with Gasteiger partial charge in [0.25, 0.3) is 0 Å². The van der Waals surface area contributed by atoms with Crippen LogP contribution >= 0.6 is 27.5 Å². The molecule has 4 nitrogen and oxygen atoms in total. The molecule has 0 aliphatic rings. The lowest BCUT2D eigenvalue weighted by Crippen LogP contribution is -2.03.